The van der Waals surface area contributed by atoms with E-state index in [1.54, 1.807) is 0 Å². The normalized spacial score (nSPS) is 11.9. The van der Waals surface area contributed by atoms with E-state index >= 15 is 0 Å². The highest BCUT2D eigenvalue weighted by Crippen LogP contribution is 2.28. The van der Waals surface area contributed by atoms with E-state index in [0.29, 0.717) is 16.8 Å². The molecule has 0 amide bonds. The standard InChI is InChI=1S/C8H7ClN2O3S/c1-14-7-3-5(15(9,12)13)2-6-8(7)11-4-10-6/h2-4H,1H3,(H,10,11). The molecule has 0 spiro atoms. The first-order valence-electron chi connectivity index (χ1n) is 3.98. The molecular formula is C8H7ClN2O3S. The number of H-pyrrole nitrogens is 1. The van der Waals surface area contributed by atoms with Crippen LogP contribution >= 0.6 is 10.7 Å². The SMILES string of the molecule is COc1cc(S(=O)(=O)Cl)cc2[nH]cnc12. The summed E-state index contributed by atoms with van der Waals surface area (Å²) in [6, 6.07) is 2.75. The Morgan fingerprint density at radius 2 is 2.20 bits per heavy atom. The molecule has 0 unspecified atom stereocenters. The lowest BCUT2D eigenvalue weighted by Gasteiger charge is -2.02. The van der Waals surface area contributed by atoms with Crippen LogP contribution in [0.2, 0.25) is 0 Å². The number of nitrogens with zero attached hydrogens (tertiary/aromatic N) is 1. The second-order valence-corrected chi connectivity index (χ2v) is 5.43. The molecule has 0 radical (unpaired) electrons. The fourth-order valence-electron chi connectivity index (χ4n) is 1.29. The van der Waals surface area contributed by atoms with Crippen LogP contribution in [0, 0.1) is 0 Å². The van der Waals surface area contributed by atoms with Gasteiger partial charge in [0.25, 0.3) is 9.05 Å². The number of methoxy groups -OCH3 is 1. The van der Waals surface area contributed by atoms with E-state index in [1.165, 1.54) is 25.6 Å². The maximum absolute atomic E-state index is 11.1. The number of hydrogen-bond acceptors (Lipinski definition) is 4. The van der Waals surface area contributed by atoms with Crippen LogP contribution in [0.5, 0.6) is 5.75 Å². The van der Waals surface area contributed by atoms with Crippen LogP contribution in [0.1, 0.15) is 0 Å². The maximum atomic E-state index is 11.1. The molecule has 2 rings (SSSR count). The first-order chi connectivity index (χ1) is 7.02. The number of halogens is 1. The molecule has 2 aromatic rings. The van der Waals surface area contributed by atoms with Gasteiger partial charge in [-0.05, 0) is 6.07 Å². The zero-order valence-electron chi connectivity index (χ0n) is 7.69. The molecule has 0 aliphatic carbocycles. The van der Waals surface area contributed by atoms with Gasteiger partial charge in [-0.3, -0.25) is 0 Å². The minimum atomic E-state index is -3.76. The smallest absolute Gasteiger partial charge is 0.261 e. The van der Waals surface area contributed by atoms with Gasteiger partial charge in [-0.2, -0.15) is 0 Å². The van der Waals surface area contributed by atoms with Gasteiger partial charge in [0.05, 0.1) is 23.8 Å². The number of fused-ring (bicyclic) bond motifs is 1. The lowest BCUT2D eigenvalue weighted by Crippen LogP contribution is -1.93. The second kappa shape index (κ2) is 3.39. The Morgan fingerprint density at radius 1 is 1.47 bits per heavy atom. The molecule has 1 heterocycles. The molecule has 0 saturated heterocycles. The molecule has 1 aromatic heterocycles. The third-order valence-electron chi connectivity index (χ3n) is 1.96. The summed E-state index contributed by atoms with van der Waals surface area (Å²) in [5.41, 5.74) is 1.13. The fourth-order valence-corrected chi connectivity index (χ4v) is 2.06. The number of aromatic amines is 1. The lowest BCUT2D eigenvalue weighted by molar-refractivity contribution is 0.418. The summed E-state index contributed by atoms with van der Waals surface area (Å²) in [7, 11) is 2.92. The number of rotatable bonds is 2. The molecule has 80 valence electrons. The van der Waals surface area contributed by atoms with Gasteiger partial charge in [0.15, 0.2) is 0 Å². The van der Waals surface area contributed by atoms with Crippen LogP contribution in [0.25, 0.3) is 11.0 Å². The Hall–Kier alpha value is -1.27. The predicted molar refractivity (Wildman–Crippen MR) is 55.7 cm³/mol. The average molecular weight is 247 g/mol. The van der Waals surface area contributed by atoms with Gasteiger partial charge < -0.3 is 9.72 Å². The van der Waals surface area contributed by atoms with Gasteiger partial charge in [0, 0.05) is 16.7 Å². The monoisotopic (exact) mass is 246 g/mol. The second-order valence-electron chi connectivity index (χ2n) is 2.86. The van der Waals surface area contributed by atoms with Crippen molar-refractivity contribution in [2.24, 2.45) is 0 Å². The van der Waals surface area contributed by atoms with Gasteiger partial charge in [-0.15, -0.1) is 0 Å². The Kier molecular flexibility index (Phi) is 2.32. The van der Waals surface area contributed by atoms with E-state index in [4.69, 9.17) is 15.4 Å². The van der Waals surface area contributed by atoms with Crippen LogP contribution in [-0.2, 0) is 9.05 Å². The highest BCUT2D eigenvalue weighted by Gasteiger charge is 2.15. The largest absolute Gasteiger partial charge is 0.494 e. The van der Waals surface area contributed by atoms with E-state index in [2.05, 4.69) is 9.97 Å². The molecule has 1 N–H and O–H groups in total. The van der Waals surface area contributed by atoms with Crippen LogP contribution in [-0.4, -0.2) is 25.5 Å². The minimum absolute atomic E-state index is 0.0160. The molecule has 0 saturated carbocycles. The highest BCUT2D eigenvalue weighted by molar-refractivity contribution is 8.13. The van der Waals surface area contributed by atoms with E-state index in [0.717, 1.165) is 0 Å². The molecule has 0 bridgehead atoms. The number of benzene rings is 1. The Bertz CT molecular complexity index is 605. The molecule has 15 heavy (non-hydrogen) atoms. The molecule has 5 nitrogen and oxygen atoms in total. The Morgan fingerprint density at radius 3 is 2.80 bits per heavy atom. The van der Waals surface area contributed by atoms with Crippen molar-refractivity contribution in [3.8, 4) is 5.75 Å². The molecule has 7 heteroatoms. The molecule has 0 fully saturated rings. The first-order valence-corrected chi connectivity index (χ1v) is 6.29. The third kappa shape index (κ3) is 1.78. The van der Waals surface area contributed by atoms with E-state index in [-0.39, 0.29) is 4.90 Å². The van der Waals surface area contributed by atoms with Crippen molar-refractivity contribution in [1.82, 2.24) is 9.97 Å². The van der Waals surface area contributed by atoms with Gasteiger partial charge in [-0.25, -0.2) is 13.4 Å². The number of ether oxygens (including phenoxy) is 1. The summed E-state index contributed by atoms with van der Waals surface area (Å²) in [5, 5.41) is 0. The van der Waals surface area contributed by atoms with E-state index in [9.17, 15) is 8.42 Å². The summed E-state index contributed by atoms with van der Waals surface area (Å²) in [6.07, 6.45) is 1.46. The fraction of sp³-hybridized carbons (Fsp3) is 0.125. The minimum Gasteiger partial charge on any atom is -0.494 e. The third-order valence-corrected chi connectivity index (χ3v) is 3.30. The number of hydrogen-bond donors (Lipinski definition) is 1. The average Bonchev–Trinajstić information content (AvgIpc) is 2.62. The summed E-state index contributed by atoms with van der Waals surface area (Å²) < 4.78 is 27.3. The van der Waals surface area contributed by atoms with Crippen LogP contribution in [0.4, 0.5) is 0 Å². The molecule has 1 aromatic carbocycles. The van der Waals surface area contributed by atoms with Gasteiger partial charge in [0.1, 0.15) is 11.3 Å². The number of nitrogens with one attached hydrogen (secondary N) is 1. The van der Waals surface area contributed by atoms with Crippen molar-refractivity contribution in [3.63, 3.8) is 0 Å². The molecule has 0 aliphatic heterocycles. The van der Waals surface area contributed by atoms with Crippen LogP contribution in [0.15, 0.2) is 23.4 Å². The zero-order chi connectivity index (χ0) is 11.1. The van der Waals surface area contributed by atoms with Crippen molar-refractivity contribution in [2.75, 3.05) is 7.11 Å². The van der Waals surface area contributed by atoms with Crippen molar-refractivity contribution in [1.29, 1.82) is 0 Å². The van der Waals surface area contributed by atoms with Crippen molar-refractivity contribution >= 4 is 30.8 Å². The molecule has 0 atom stereocenters. The van der Waals surface area contributed by atoms with Gasteiger partial charge >= 0.3 is 0 Å². The van der Waals surface area contributed by atoms with Crippen molar-refractivity contribution in [2.45, 2.75) is 4.90 Å². The summed E-state index contributed by atoms with van der Waals surface area (Å²) in [5.74, 6) is 0.368. The quantitative estimate of drug-likeness (QED) is 0.815. The highest BCUT2D eigenvalue weighted by atomic mass is 35.7. The number of aromatic nitrogens is 2. The summed E-state index contributed by atoms with van der Waals surface area (Å²) >= 11 is 0. The predicted octanol–water partition coefficient (Wildman–Crippen LogP) is 1.50. The van der Waals surface area contributed by atoms with Crippen LogP contribution < -0.4 is 4.74 Å². The Labute approximate surface area is 90.5 Å². The number of imidazole rings is 1. The summed E-state index contributed by atoms with van der Waals surface area (Å²) in [6.45, 7) is 0. The maximum Gasteiger partial charge on any atom is 0.261 e. The first kappa shape index (κ1) is 10.3. The Balaban J connectivity index is 2.80. The molecule has 0 aliphatic rings. The zero-order valence-corrected chi connectivity index (χ0v) is 9.26. The summed E-state index contributed by atoms with van der Waals surface area (Å²) in [4.78, 5) is 6.77. The van der Waals surface area contributed by atoms with E-state index in [1.807, 2.05) is 0 Å². The topological polar surface area (TPSA) is 72.1 Å². The van der Waals surface area contributed by atoms with E-state index < -0.39 is 9.05 Å². The lowest BCUT2D eigenvalue weighted by atomic mass is 10.3. The van der Waals surface area contributed by atoms with Crippen molar-refractivity contribution < 1.29 is 13.2 Å². The van der Waals surface area contributed by atoms with Crippen molar-refractivity contribution in [3.05, 3.63) is 18.5 Å². The van der Waals surface area contributed by atoms with Gasteiger partial charge in [0.2, 0.25) is 0 Å². The molecular weight excluding hydrogens is 240 g/mol. The van der Waals surface area contributed by atoms with Crippen LogP contribution in [0.3, 0.4) is 0 Å². The van der Waals surface area contributed by atoms with Gasteiger partial charge in [-0.1, -0.05) is 0 Å².